The molecule has 2 N–H and O–H groups in total. The summed E-state index contributed by atoms with van der Waals surface area (Å²) in [7, 11) is 1.79. The van der Waals surface area contributed by atoms with E-state index in [-0.39, 0.29) is 24.0 Å². The molecule has 0 aliphatic rings. The van der Waals surface area contributed by atoms with Crippen molar-refractivity contribution in [1.82, 2.24) is 25.4 Å². The van der Waals surface area contributed by atoms with Gasteiger partial charge in [0, 0.05) is 19.6 Å². The van der Waals surface area contributed by atoms with E-state index in [4.69, 9.17) is 0 Å². The maximum Gasteiger partial charge on any atom is 0.191 e. The third-order valence-corrected chi connectivity index (χ3v) is 3.23. The Morgan fingerprint density at radius 3 is 2.62 bits per heavy atom. The zero-order chi connectivity index (χ0) is 15.0. The molecule has 1 aromatic rings. The molecule has 21 heavy (non-hydrogen) atoms. The highest BCUT2D eigenvalue weighted by Crippen LogP contribution is 2.06. The van der Waals surface area contributed by atoms with Gasteiger partial charge in [-0.25, -0.2) is 0 Å². The number of rotatable bonds is 7. The monoisotopic (exact) mass is 408 g/mol. The van der Waals surface area contributed by atoms with Crippen LogP contribution in [0, 0.1) is 5.92 Å². The van der Waals surface area contributed by atoms with Crippen LogP contribution in [0.4, 0.5) is 0 Å². The van der Waals surface area contributed by atoms with E-state index in [2.05, 4.69) is 53.5 Å². The van der Waals surface area contributed by atoms with E-state index in [0.717, 1.165) is 30.7 Å². The lowest BCUT2D eigenvalue weighted by atomic mass is 10.0. The van der Waals surface area contributed by atoms with Crippen LogP contribution in [0.3, 0.4) is 0 Å². The lowest BCUT2D eigenvalue weighted by Gasteiger charge is -2.18. The molecule has 0 bridgehead atoms. The van der Waals surface area contributed by atoms with Gasteiger partial charge >= 0.3 is 0 Å². The quantitative estimate of drug-likeness (QED) is 0.413. The van der Waals surface area contributed by atoms with Crippen LogP contribution in [0.1, 0.15) is 46.4 Å². The number of aromatic nitrogens is 3. The largest absolute Gasteiger partial charge is 0.354 e. The molecular weight excluding hydrogens is 379 g/mol. The highest BCUT2D eigenvalue weighted by Gasteiger charge is 2.08. The first-order valence-electron chi connectivity index (χ1n) is 7.40. The van der Waals surface area contributed by atoms with Gasteiger partial charge in [-0.3, -0.25) is 4.99 Å². The number of aliphatic imine (C=N–C) groups is 1. The Labute approximate surface area is 145 Å². The van der Waals surface area contributed by atoms with Gasteiger partial charge in [-0.1, -0.05) is 13.8 Å². The Hall–Kier alpha value is -0.860. The third-order valence-electron chi connectivity index (χ3n) is 3.23. The van der Waals surface area contributed by atoms with Crippen LogP contribution in [-0.4, -0.2) is 33.8 Å². The highest BCUT2D eigenvalue weighted by molar-refractivity contribution is 14.0. The van der Waals surface area contributed by atoms with Gasteiger partial charge in [0.05, 0.1) is 6.54 Å². The number of aryl methyl sites for hydroxylation is 1. The maximum atomic E-state index is 4.25. The molecule has 7 heteroatoms. The molecule has 1 rings (SSSR count). The highest BCUT2D eigenvalue weighted by atomic mass is 127. The van der Waals surface area contributed by atoms with Crippen molar-refractivity contribution < 1.29 is 0 Å². The van der Waals surface area contributed by atoms with Gasteiger partial charge in [-0.05, 0) is 32.6 Å². The molecule has 0 radical (unpaired) electrons. The van der Waals surface area contributed by atoms with Crippen molar-refractivity contribution in [2.45, 2.75) is 59.7 Å². The van der Waals surface area contributed by atoms with Gasteiger partial charge in [-0.2, -0.15) is 0 Å². The van der Waals surface area contributed by atoms with E-state index >= 15 is 0 Å². The van der Waals surface area contributed by atoms with Gasteiger partial charge < -0.3 is 15.2 Å². The Balaban J connectivity index is 0.00000400. The smallest absolute Gasteiger partial charge is 0.191 e. The second kappa shape index (κ2) is 10.8. The van der Waals surface area contributed by atoms with Crippen molar-refractivity contribution in [3.05, 3.63) is 12.2 Å². The van der Waals surface area contributed by atoms with E-state index in [1.807, 2.05) is 4.57 Å². The molecule has 1 aromatic heterocycles. The zero-order valence-corrected chi connectivity index (χ0v) is 16.1. The standard InChI is InChI=1S/C14H28N6.HI/c1-6-20-10-17-19-13(20)9-16-14(15-5)18-12(4)8-7-11(2)3;/h10-12H,6-9H2,1-5H3,(H2,15,16,18);1H. The summed E-state index contributed by atoms with van der Waals surface area (Å²) in [5.41, 5.74) is 0. The van der Waals surface area contributed by atoms with E-state index in [1.165, 1.54) is 6.42 Å². The second-order valence-corrected chi connectivity index (χ2v) is 5.48. The SMILES string of the molecule is CCn1cnnc1CNC(=NC)NC(C)CCC(C)C.I. The molecule has 0 aliphatic heterocycles. The van der Waals surface area contributed by atoms with E-state index in [9.17, 15) is 0 Å². The Bertz CT molecular complexity index is 415. The molecule has 6 nitrogen and oxygen atoms in total. The normalized spacial score (nSPS) is 13.0. The summed E-state index contributed by atoms with van der Waals surface area (Å²) in [5.74, 6) is 2.47. The minimum atomic E-state index is 0. The summed E-state index contributed by atoms with van der Waals surface area (Å²) >= 11 is 0. The number of hydrogen-bond donors (Lipinski definition) is 2. The molecule has 0 fully saturated rings. The second-order valence-electron chi connectivity index (χ2n) is 5.48. The Morgan fingerprint density at radius 2 is 2.05 bits per heavy atom. The van der Waals surface area contributed by atoms with Crippen molar-refractivity contribution in [2.75, 3.05) is 7.05 Å². The topological polar surface area (TPSA) is 67.1 Å². The van der Waals surface area contributed by atoms with Crippen LogP contribution >= 0.6 is 24.0 Å². The molecule has 0 amide bonds. The first-order chi connectivity index (χ1) is 9.56. The van der Waals surface area contributed by atoms with Crippen LogP contribution in [0.25, 0.3) is 0 Å². The molecule has 122 valence electrons. The Kier molecular flexibility index (Phi) is 10.4. The van der Waals surface area contributed by atoms with Gasteiger partial charge in [0.1, 0.15) is 6.33 Å². The summed E-state index contributed by atoms with van der Waals surface area (Å²) in [6.45, 7) is 10.3. The van der Waals surface area contributed by atoms with Crippen LogP contribution in [0.15, 0.2) is 11.3 Å². The number of halogens is 1. The van der Waals surface area contributed by atoms with E-state index < -0.39 is 0 Å². The fraction of sp³-hybridized carbons (Fsp3) is 0.786. The number of hydrogen-bond acceptors (Lipinski definition) is 3. The van der Waals surface area contributed by atoms with Gasteiger partial charge in [0.15, 0.2) is 11.8 Å². The number of guanidine groups is 1. The summed E-state index contributed by atoms with van der Waals surface area (Å²) in [6.07, 6.45) is 4.11. The zero-order valence-electron chi connectivity index (χ0n) is 13.8. The van der Waals surface area contributed by atoms with Gasteiger partial charge in [0.2, 0.25) is 0 Å². The molecular formula is C14H29IN6. The fourth-order valence-electron chi connectivity index (χ4n) is 1.93. The average Bonchev–Trinajstić information content (AvgIpc) is 2.88. The molecule has 1 atom stereocenters. The summed E-state index contributed by atoms with van der Waals surface area (Å²) in [5, 5.41) is 14.7. The van der Waals surface area contributed by atoms with Crippen LogP contribution in [-0.2, 0) is 13.1 Å². The average molecular weight is 408 g/mol. The molecule has 0 saturated carbocycles. The van der Waals surface area contributed by atoms with E-state index in [1.54, 1.807) is 13.4 Å². The lowest BCUT2D eigenvalue weighted by Crippen LogP contribution is -2.42. The van der Waals surface area contributed by atoms with Crippen LogP contribution in [0.5, 0.6) is 0 Å². The van der Waals surface area contributed by atoms with Gasteiger partial charge in [0.25, 0.3) is 0 Å². The predicted octanol–water partition coefficient (Wildman–Crippen LogP) is 2.41. The lowest BCUT2D eigenvalue weighted by molar-refractivity contribution is 0.488. The molecule has 1 heterocycles. The third kappa shape index (κ3) is 7.63. The first-order valence-corrected chi connectivity index (χ1v) is 7.40. The van der Waals surface area contributed by atoms with Crippen molar-refractivity contribution >= 4 is 29.9 Å². The summed E-state index contributed by atoms with van der Waals surface area (Å²) in [6, 6.07) is 0.410. The minimum Gasteiger partial charge on any atom is -0.354 e. The predicted molar refractivity (Wildman–Crippen MR) is 98.0 cm³/mol. The number of nitrogens with one attached hydrogen (secondary N) is 2. The van der Waals surface area contributed by atoms with Crippen molar-refractivity contribution in [3.8, 4) is 0 Å². The van der Waals surface area contributed by atoms with Crippen molar-refractivity contribution in [1.29, 1.82) is 0 Å². The van der Waals surface area contributed by atoms with Crippen LogP contribution < -0.4 is 10.6 Å². The summed E-state index contributed by atoms with van der Waals surface area (Å²) in [4.78, 5) is 4.25. The Morgan fingerprint density at radius 1 is 1.33 bits per heavy atom. The van der Waals surface area contributed by atoms with Crippen LogP contribution in [0.2, 0.25) is 0 Å². The fourth-order valence-corrected chi connectivity index (χ4v) is 1.93. The minimum absolute atomic E-state index is 0. The van der Waals surface area contributed by atoms with Crippen molar-refractivity contribution in [3.63, 3.8) is 0 Å². The molecule has 0 aliphatic carbocycles. The summed E-state index contributed by atoms with van der Waals surface area (Å²) < 4.78 is 2.02. The molecule has 0 aromatic carbocycles. The van der Waals surface area contributed by atoms with E-state index in [0.29, 0.717) is 12.6 Å². The maximum absolute atomic E-state index is 4.25. The molecule has 0 spiro atoms. The number of nitrogens with zero attached hydrogens (tertiary/aromatic N) is 4. The first kappa shape index (κ1) is 20.1. The van der Waals surface area contributed by atoms with Crippen molar-refractivity contribution in [2.24, 2.45) is 10.9 Å². The molecule has 1 unspecified atom stereocenters. The molecule has 0 saturated heterocycles. The van der Waals surface area contributed by atoms with Gasteiger partial charge in [-0.15, -0.1) is 34.2 Å².